The Morgan fingerprint density at radius 1 is 0.217 bits per heavy atom. The Morgan fingerprint density at radius 2 is 0.400 bits per heavy atom. The van der Waals surface area contributed by atoms with Gasteiger partial charge in [-0.1, -0.05) is 72.8 Å². The number of benzene rings is 9. The second kappa shape index (κ2) is 12.4. The smallest absolute Gasteiger partial charge is 0.331 e. The van der Waals surface area contributed by atoms with Crippen molar-refractivity contribution in [3.8, 4) is 0 Å². The SMILES string of the molecule is c1cc2cc3cccc4oc5nc6nc(n5)oc5cccc7cc8cccc(oc9nc(nc(n9)oc9cccc%10cc%11cccc(o6)c%11cc%109)oc(c1)c2cc34)c8cc75. The van der Waals surface area contributed by atoms with Crippen LogP contribution in [-0.4, -0.2) is 29.9 Å². The number of nitrogens with zero attached hydrogens (tertiary/aromatic N) is 6. The van der Waals surface area contributed by atoms with Gasteiger partial charge in [-0.05, 0) is 105 Å². The molecule has 0 N–H and O–H groups in total. The summed E-state index contributed by atoms with van der Waals surface area (Å²) in [7, 11) is 0. The average Bonchev–Trinajstić information content (AvgIpc) is 3.25. The third-order valence-electron chi connectivity index (χ3n) is 10.8. The second-order valence-electron chi connectivity index (χ2n) is 14.4. The van der Waals surface area contributed by atoms with E-state index in [-0.39, 0.29) is 35.1 Å². The highest BCUT2D eigenvalue weighted by Crippen LogP contribution is 2.33. The first-order valence-electron chi connectivity index (χ1n) is 19.1. The summed E-state index contributed by atoms with van der Waals surface area (Å²) in [6.07, 6.45) is 0. The number of aromatic nitrogens is 6. The highest BCUT2D eigenvalue weighted by molar-refractivity contribution is 6.10. The van der Waals surface area contributed by atoms with Gasteiger partial charge in [-0.2, -0.15) is 0 Å². The molecule has 5 aromatic heterocycles. The molecular weight excluding hydrogens is 757 g/mol. The van der Waals surface area contributed by atoms with E-state index in [1.165, 1.54) is 0 Å². The van der Waals surface area contributed by atoms with Gasteiger partial charge in [0.1, 0.15) is 33.5 Å². The first-order chi connectivity index (χ1) is 29.6. The van der Waals surface area contributed by atoms with E-state index in [4.69, 9.17) is 56.4 Å². The number of hydrogen-bond donors (Lipinski definition) is 0. The monoisotopic (exact) mass is 780 g/mol. The molecule has 0 unspecified atom stereocenters. The quantitative estimate of drug-likeness (QED) is 0.134. The third-order valence-corrected chi connectivity index (χ3v) is 10.8. The summed E-state index contributed by atoms with van der Waals surface area (Å²) in [6, 6.07) is 46.7. The van der Waals surface area contributed by atoms with Crippen LogP contribution in [0.15, 0.2) is 172 Å². The molecule has 0 amide bonds. The van der Waals surface area contributed by atoms with Crippen molar-refractivity contribution in [2.45, 2.75) is 0 Å². The van der Waals surface area contributed by atoms with E-state index in [0.29, 0.717) is 33.5 Å². The van der Waals surface area contributed by atoms with Crippen LogP contribution < -0.4 is 0 Å². The van der Waals surface area contributed by atoms with Crippen molar-refractivity contribution >= 4 is 133 Å². The van der Waals surface area contributed by atoms with E-state index >= 15 is 0 Å². The Kier molecular flexibility index (Phi) is 6.72. The topological polar surface area (TPSA) is 156 Å². The van der Waals surface area contributed by atoms with Gasteiger partial charge in [0, 0.05) is 32.3 Å². The predicted molar refractivity (Wildman–Crippen MR) is 230 cm³/mol. The van der Waals surface area contributed by atoms with Crippen LogP contribution in [0.4, 0.5) is 0 Å². The molecular formula is C48H24N6O6. The first kappa shape index (κ1) is 32.4. The Bertz CT molecular complexity index is 3450. The Balaban J connectivity index is 1.34. The summed E-state index contributed by atoms with van der Waals surface area (Å²) >= 11 is 0. The minimum Gasteiger partial charge on any atom is -0.423 e. The first-order valence-corrected chi connectivity index (χ1v) is 19.1. The Hall–Kier alpha value is -8.64. The van der Waals surface area contributed by atoms with Crippen LogP contribution >= 0.6 is 0 Å². The Labute approximate surface area is 334 Å². The van der Waals surface area contributed by atoms with Crippen LogP contribution in [0.3, 0.4) is 0 Å². The molecule has 0 aliphatic carbocycles. The van der Waals surface area contributed by atoms with Crippen molar-refractivity contribution in [1.29, 1.82) is 0 Å². The molecule has 60 heavy (non-hydrogen) atoms. The molecule has 9 aromatic carbocycles. The fourth-order valence-electron chi connectivity index (χ4n) is 8.02. The molecule has 0 radical (unpaired) electrons. The summed E-state index contributed by atoms with van der Waals surface area (Å²) in [5.74, 6) is -0.228. The van der Waals surface area contributed by atoms with Crippen molar-refractivity contribution < 1.29 is 26.5 Å². The maximum absolute atomic E-state index is 6.56. The van der Waals surface area contributed by atoms with Gasteiger partial charge in [0.15, 0.2) is 0 Å². The third kappa shape index (κ3) is 5.32. The lowest BCUT2D eigenvalue weighted by atomic mass is 10.0. The summed E-state index contributed by atoms with van der Waals surface area (Å²) in [5.41, 5.74) is 2.89. The molecule has 0 saturated carbocycles. The minimum atomic E-state index is -0.0380. The van der Waals surface area contributed by atoms with Gasteiger partial charge in [0.2, 0.25) is 0 Å². The van der Waals surface area contributed by atoms with Crippen molar-refractivity contribution in [2.75, 3.05) is 0 Å². The zero-order valence-corrected chi connectivity index (χ0v) is 31.0. The summed E-state index contributed by atoms with van der Waals surface area (Å²) in [4.78, 5) is 28.2. The van der Waals surface area contributed by atoms with Gasteiger partial charge < -0.3 is 26.5 Å². The molecule has 12 bridgehead atoms. The van der Waals surface area contributed by atoms with Gasteiger partial charge >= 0.3 is 35.1 Å². The molecule has 0 spiro atoms. The van der Waals surface area contributed by atoms with Crippen LogP contribution in [0.1, 0.15) is 0 Å². The van der Waals surface area contributed by atoms with Crippen LogP contribution in [0, 0.1) is 0 Å². The van der Waals surface area contributed by atoms with E-state index in [2.05, 4.69) is 18.2 Å². The molecule has 0 saturated heterocycles. The molecule has 14 rings (SSSR count). The molecule has 14 aromatic rings. The van der Waals surface area contributed by atoms with Gasteiger partial charge in [-0.25, -0.2) is 0 Å². The van der Waals surface area contributed by atoms with Crippen molar-refractivity contribution in [3.63, 3.8) is 0 Å². The van der Waals surface area contributed by atoms with E-state index in [1.807, 2.05) is 127 Å². The highest BCUT2D eigenvalue weighted by Gasteiger charge is 2.11. The number of hydrogen-bond acceptors (Lipinski definition) is 12. The van der Waals surface area contributed by atoms with Crippen LogP contribution in [0.25, 0.3) is 133 Å². The molecule has 12 nitrogen and oxygen atoms in total. The van der Waals surface area contributed by atoms with Gasteiger partial charge in [-0.3, -0.25) is 0 Å². The summed E-state index contributed by atoms with van der Waals surface area (Å²) in [5, 5.41) is 10.1. The van der Waals surface area contributed by atoms with Crippen LogP contribution in [0.5, 0.6) is 0 Å². The van der Waals surface area contributed by atoms with E-state index in [9.17, 15) is 0 Å². The molecule has 0 fully saturated rings. The van der Waals surface area contributed by atoms with Crippen molar-refractivity contribution in [2.24, 2.45) is 0 Å². The molecule has 0 atom stereocenters. The lowest BCUT2D eigenvalue weighted by Gasteiger charge is -2.05. The Morgan fingerprint density at radius 3 is 0.583 bits per heavy atom. The van der Waals surface area contributed by atoms with Crippen LogP contribution in [-0.2, 0) is 0 Å². The normalized spacial score (nSPS) is 12.0. The second-order valence-corrected chi connectivity index (χ2v) is 14.4. The van der Waals surface area contributed by atoms with E-state index in [0.717, 1.165) is 64.6 Å². The minimum absolute atomic E-state index is 0.0380. The zero-order chi connectivity index (χ0) is 39.3. The summed E-state index contributed by atoms with van der Waals surface area (Å²) < 4.78 is 39.4. The molecule has 0 aliphatic heterocycles. The maximum Gasteiger partial charge on any atom is 0.331 e. The molecule has 282 valence electrons. The van der Waals surface area contributed by atoms with Crippen molar-refractivity contribution in [1.82, 2.24) is 29.9 Å². The fraction of sp³-hybridized carbons (Fsp3) is 0. The lowest BCUT2D eigenvalue weighted by molar-refractivity contribution is 0.569. The summed E-state index contributed by atoms with van der Waals surface area (Å²) in [6.45, 7) is 0. The van der Waals surface area contributed by atoms with Gasteiger partial charge in [-0.15, -0.1) is 29.9 Å². The van der Waals surface area contributed by atoms with Crippen molar-refractivity contribution in [3.05, 3.63) is 146 Å². The van der Waals surface area contributed by atoms with E-state index < -0.39 is 0 Å². The maximum atomic E-state index is 6.56. The average molecular weight is 781 g/mol. The van der Waals surface area contributed by atoms with Gasteiger partial charge in [0.25, 0.3) is 0 Å². The molecule has 5 heterocycles. The van der Waals surface area contributed by atoms with Crippen LogP contribution in [0.2, 0.25) is 0 Å². The predicted octanol–water partition coefficient (Wildman–Crippen LogP) is 12.8. The largest absolute Gasteiger partial charge is 0.423 e. The number of rotatable bonds is 0. The standard InChI is InChI=1S/C48H24N6O6/c1-7-25-19-26-8-2-14-38-32(26)22-31(25)37(13-1)55-43-49-44-51-45(50-43)58-40-16-4-10-28-21-30-12-6-18-42(36(30)24-34(28)40)60-48-53-46(56-38)52-47(54-48)59-41-17-5-11-29-20-27-9-3-15-39(57-44)33(27)23-35(29)41/h1-24H. The lowest BCUT2D eigenvalue weighted by Crippen LogP contribution is -1.89. The molecule has 12 heteroatoms. The van der Waals surface area contributed by atoms with E-state index in [1.54, 1.807) is 0 Å². The fourth-order valence-corrected chi connectivity index (χ4v) is 8.02. The molecule has 0 aliphatic rings. The van der Waals surface area contributed by atoms with Gasteiger partial charge in [0.05, 0.1) is 0 Å². The highest BCUT2D eigenvalue weighted by atomic mass is 16.4. The zero-order valence-electron chi connectivity index (χ0n) is 31.0.